The van der Waals surface area contributed by atoms with Gasteiger partial charge in [0.05, 0.1) is 16.1 Å². The fraction of sp³-hybridized carbons (Fsp3) is 0.0714. The van der Waals surface area contributed by atoms with Gasteiger partial charge in [0, 0.05) is 4.47 Å². The zero-order chi connectivity index (χ0) is 14.2. The predicted molar refractivity (Wildman–Crippen MR) is 73.7 cm³/mol. The molecule has 0 fully saturated rings. The van der Waals surface area contributed by atoms with Crippen LogP contribution in [0.25, 0.3) is 0 Å². The number of aryl methyl sites for hydroxylation is 1. The summed E-state index contributed by atoms with van der Waals surface area (Å²) in [7, 11) is 0. The maximum Gasteiger partial charge on any atom is 0.198 e. The van der Waals surface area contributed by atoms with E-state index in [2.05, 4.69) is 15.9 Å². The van der Waals surface area contributed by atoms with E-state index in [4.69, 9.17) is 11.6 Å². The molecule has 0 heterocycles. The van der Waals surface area contributed by atoms with E-state index in [0.29, 0.717) is 10.0 Å². The fourth-order valence-electron chi connectivity index (χ4n) is 1.65. The maximum atomic E-state index is 13.8. The van der Waals surface area contributed by atoms with Crippen molar-refractivity contribution in [3.05, 3.63) is 68.2 Å². The van der Waals surface area contributed by atoms with E-state index >= 15 is 0 Å². The van der Waals surface area contributed by atoms with Crippen molar-refractivity contribution in [3.8, 4) is 0 Å². The summed E-state index contributed by atoms with van der Waals surface area (Å²) in [5, 5.41) is 0.192. The summed E-state index contributed by atoms with van der Waals surface area (Å²) in [5.74, 6) is -2.16. The summed E-state index contributed by atoms with van der Waals surface area (Å²) >= 11 is 8.88. The lowest BCUT2D eigenvalue weighted by Gasteiger charge is -2.07. The Labute approximate surface area is 122 Å². The van der Waals surface area contributed by atoms with Gasteiger partial charge in [-0.05, 0) is 47.1 Å². The molecule has 2 aromatic rings. The third-order valence-corrected chi connectivity index (χ3v) is 3.82. The Kier molecular flexibility index (Phi) is 4.02. The molecule has 0 aromatic heterocycles. The molecule has 2 aromatic carbocycles. The topological polar surface area (TPSA) is 17.1 Å². The van der Waals surface area contributed by atoms with Gasteiger partial charge in [-0.1, -0.05) is 23.2 Å². The number of hydrogen-bond acceptors (Lipinski definition) is 1. The van der Waals surface area contributed by atoms with Gasteiger partial charge in [-0.15, -0.1) is 0 Å². The highest BCUT2D eigenvalue weighted by atomic mass is 79.9. The largest absolute Gasteiger partial charge is 0.288 e. The van der Waals surface area contributed by atoms with Crippen LogP contribution >= 0.6 is 27.5 Å². The summed E-state index contributed by atoms with van der Waals surface area (Å²) in [6.07, 6.45) is 0. The molecule has 1 nitrogen and oxygen atoms in total. The second kappa shape index (κ2) is 5.39. The SMILES string of the molecule is Cc1ccc(F)c(C(=O)c2cc(Cl)c(Br)cc2F)c1. The van der Waals surface area contributed by atoms with Crippen molar-refractivity contribution in [2.45, 2.75) is 6.92 Å². The van der Waals surface area contributed by atoms with Crippen LogP contribution in [0.2, 0.25) is 5.02 Å². The monoisotopic (exact) mass is 344 g/mol. The molecule has 98 valence electrons. The van der Waals surface area contributed by atoms with Gasteiger partial charge in [-0.3, -0.25) is 4.79 Å². The van der Waals surface area contributed by atoms with Crippen molar-refractivity contribution >= 4 is 33.3 Å². The Morgan fingerprint density at radius 3 is 2.42 bits per heavy atom. The van der Waals surface area contributed by atoms with Crippen LogP contribution in [0.4, 0.5) is 8.78 Å². The Bertz CT molecular complexity index is 671. The van der Waals surface area contributed by atoms with Gasteiger partial charge in [0.2, 0.25) is 0 Å². The fourth-order valence-corrected chi connectivity index (χ4v) is 2.13. The number of benzene rings is 2. The highest BCUT2D eigenvalue weighted by Gasteiger charge is 2.19. The van der Waals surface area contributed by atoms with Crippen LogP contribution in [0.3, 0.4) is 0 Å². The molecule has 5 heteroatoms. The highest BCUT2D eigenvalue weighted by molar-refractivity contribution is 9.10. The number of carbonyl (C=O) groups is 1. The molecule has 0 N–H and O–H groups in total. The molecule has 0 saturated carbocycles. The molecular formula is C14H8BrClF2O. The zero-order valence-electron chi connectivity index (χ0n) is 9.81. The molecule has 19 heavy (non-hydrogen) atoms. The van der Waals surface area contributed by atoms with E-state index in [1.54, 1.807) is 6.92 Å². The highest BCUT2D eigenvalue weighted by Crippen LogP contribution is 2.27. The lowest BCUT2D eigenvalue weighted by atomic mass is 10.0. The average molecular weight is 346 g/mol. The third-order valence-electron chi connectivity index (χ3n) is 2.62. The van der Waals surface area contributed by atoms with Crippen LogP contribution in [0.15, 0.2) is 34.8 Å². The van der Waals surface area contributed by atoms with Gasteiger partial charge in [0.1, 0.15) is 11.6 Å². The number of rotatable bonds is 2. The first-order chi connectivity index (χ1) is 8.90. The summed E-state index contributed by atoms with van der Waals surface area (Å²) in [5.41, 5.74) is 0.295. The van der Waals surface area contributed by atoms with Gasteiger partial charge in [0.25, 0.3) is 0 Å². The molecule has 0 aliphatic rings. The Balaban J connectivity index is 2.56. The van der Waals surface area contributed by atoms with Crippen molar-refractivity contribution in [1.29, 1.82) is 0 Å². The minimum absolute atomic E-state index is 0.169. The first-order valence-electron chi connectivity index (χ1n) is 5.35. The quantitative estimate of drug-likeness (QED) is 0.558. The lowest BCUT2D eigenvalue weighted by molar-refractivity contribution is 0.103. The molecule has 0 spiro atoms. The molecule has 0 saturated heterocycles. The Morgan fingerprint density at radius 1 is 1.11 bits per heavy atom. The molecule has 0 bridgehead atoms. The van der Waals surface area contributed by atoms with Gasteiger partial charge in [-0.25, -0.2) is 8.78 Å². The van der Waals surface area contributed by atoms with E-state index in [-0.39, 0.29) is 16.1 Å². The molecule has 0 aliphatic carbocycles. The van der Waals surface area contributed by atoms with Gasteiger partial charge >= 0.3 is 0 Å². The molecule has 0 amide bonds. The smallest absolute Gasteiger partial charge is 0.198 e. The van der Waals surface area contributed by atoms with E-state index in [0.717, 1.165) is 6.07 Å². The van der Waals surface area contributed by atoms with Gasteiger partial charge < -0.3 is 0 Å². The number of hydrogen-bond donors (Lipinski definition) is 0. The predicted octanol–water partition coefficient (Wildman–Crippen LogP) is 4.92. The van der Waals surface area contributed by atoms with Crippen molar-refractivity contribution in [2.75, 3.05) is 0 Å². The molecular weight excluding hydrogens is 338 g/mol. The lowest BCUT2D eigenvalue weighted by Crippen LogP contribution is -2.07. The molecule has 2 rings (SSSR count). The zero-order valence-corrected chi connectivity index (χ0v) is 12.1. The standard InChI is InChI=1S/C14H8BrClF2O/c1-7-2-3-12(17)8(4-7)14(19)9-5-11(16)10(15)6-13(9)18/h2-6H,1H3. The van der Waals surface area contributed by atoms with Gasteiger partial charge in [0.15, 0.2) is 5.78 Å². The normalized spacial score (nSPS) is 10.6. The summed E-state index contributed by atoms with van der Waals surface area (Å²) in [6, 6.07) is 6.37. The minimum Gasteiger partial charge on any atom is -0.288 e. The molecule has 0 atom stereocenters. The van der Waals surface area contributed by atoms with E-state index in [9.17, 15) is 13.6 Å². The number of carbonyl (C=O) groups excluding carboxylic acids is 1. The second-order valence-electron chi connectivity index (χ2n) is 4.06. The van der Waals surface area contributed by atoms with Crippen LogP contribution in [0.5, 0.6) is 0 Å². The first-order valence-corrected chi connectivity index (χ1v) is 6.52. The van der Waals surface area contributed by atoms with E-state index in [1.807, 2.05) is 0 Å². The third kappa shape index (κ3) is 2.85. The van der Waals surface area contributed by atoms with Crippen molar-refractivity contribution in [1.82, 2.24) is 0 Å². The average Bonchev–Trinajstić information content (AvgIpc) is 2.36. The Hall–Kier alpha value is -1.26. The van der Waals surface area contributed by atoms with Crippen LogP contribution in [-0.2, 0) is 0 Å². The van der Waals surface area contributed by atoms with Crippen LogP contribution < -0.4 is 0 Å². The summed E-state index contributed by atoms with van der Waals surface area (Å²) < 4.78 is 27.7. The number of halogens is 4. The van der Waals surface area contributed by atoms with Crippen molar-refractivity contribution in [3.63, 3.8) is 0 Å². The minimum atomic E-state index is -0.748. The van der Waals surface area contributed by atoms with Crippen LogP contribution in [0, 0.1) is 18.6 Å². The van der Waals surface area contributed by atoms with E-state index in [1.165, 1.54) is 24.3 Å². The second-order valence-corrected chi connectivity index (χ2v) is 5.32. The Morgan fingerprint density at radius 2 is 1.74 bits per heavy atom. The van der Waals surface area contributed by atoms with Crippen molar-refractivity contribution in [2.24, 2.45) is 0 Å². The van der Waals surface area contributed by atoms with Crippen LogP contribution in [0.1, 0.15) is 21.5 Å². The summed E-state index contributed by atoms with van der Waals surface area (Å²) in [6.45, 7) is 1.72. The van der Waals surface area contributed by atoms with Gasteiger partial charge in [-0.2, -0.15) is 0 Å². The number of ketones is 1. The molecule has 0 unspecified atom stereocenters. The summed E-state index contributed by atoms with van der Waals surface area (Å²) in [4.78, 5) is 12.1. The maximum absolute atomic E-state index is 13.8. The van der Waals surface area contributed by atoms with Crippen molar-refractivity contribution < 1.29 is 13.6 Å². The van der Waals surface area contributed by atoms with E-state index < -0.39 is 17.4 Å². The molecule has 0 radical (unpaired) electrons. The van der Waals surface area contributed by atoms with Crippen LogP contribution in [-0.4, -0.2) is 5.78 Å². The molecule has 0 aliphatic heterocycles. The first kappa shape index (κ1) is 14.2.